The van der Waals surface area contributed by atoms with E-state index in [1.54, 1.807) is 17.7 Å². The maximum atomic E-state index is 12.9. The Morgan fingerprint density at radius 2 is 2.07 bits per heavy atom. The highest BCUT2D eigenvalue weighted by molar-refractivity contribution is 7.89. The van der Waals surface area contributed by atoms with Crippen LogP contribution in [-0.2, 0) is 14.8 Å². The van der Waals surface area contributed by atoms with E-state index in [4.69, 9.17) is 9.15 Å². The summed E-state index contributed by atoms with van der Waals surface area (Å²) in [6.07, 6.45) is 1.58. The molecule has 1 fully saturated rings. The number of nitrogens with zero attached hydrogens (tertiary/aromatic N) is 2. The number of ether oxygens (including phenoxy) is 1. The van der Waals surface area contributed by atoms with Crippen molar-refractivity contribution in [2.24, 2.45) is 0 Å². The molecule has 3 rings (SSSR count). The second-order valence-electron chi connectivity index (χ2n) is 6.34. The maximum Gasteiger partial charge on any atom is 0.262 e. The first-order valence-electron chi connectivity index (χ1n) is 8.54. The summed E-state index contributed by atoms with van der Waals surface area (Å²) in [5.41, 5.74) is 0. The van der Waals surface area contributed by atoms with Crippen LogP contribution in [0.2, 0.25) is 0 Å². The lowest BCUT2D eigenvalue weighted by molar-refractivity contribution is 0.0730. The molecular weight excluding hydrogens is 390 g/mol. The van der Waals surface area contributed by atoms with E-state index >= 15 is 0 Å². The first kappa shape index (κ1) is 20.0. The first-order valence-corrected chi connectivity index (χ1v) is 10.9. The van der Waals surface area contributed by atoms with Gasteiger partial charge in [0.2, 0.25) is 10.0 Å². The van der Waals surface area contributed by atoms with Crippen LogP contribution in [0.5, 0.6) is 0 Å². The van der Waals surface area contributed by atoms with Crippen molar-refractivity contribution in [2.45, 2.75) is 10.9 Å². The van der Waals surface area contributed by atoms with Gasteiger partial charge in [-0.3, -0.25) is 9.69 Å². The molecule has 27 heavy (non-hydrogen) atoms. The molecule has 1 unspecified atom stereocenters. The predicted molar refractivity (Wildman–Crippen MR) is 101 cm³/mol. The highest BCUT2D eigenvalue weighted by atomic mass is 32.2. The summed E-state index contributed by atoms with van der Waals surface area (Å²) in [6.45, 7) is 1.60. The minimum Gasteiger partial charge on any atom is -0.468 e. The van der Waals surface area contributed by atoms with Crippen molar-refractivity contribution in [2.75, 3.05) is 46.9 Å². The third-order valence-electron chi connectivity index (χ3n) is 4.37. The molecule has 1 saturated heterocycles. The van der Waals surface area contributed by atoms with Crippen LogP contribution < -0.4 is 5.32 Å². The van der Waals surface area contributed by atoms with Gasteiger partial charge >= 0.3 is 0 Å². The van der Waals surface area contributed by atoms with Gasteiger partial charge in [0.1, 0.15) is 15.5 Å². The molecule has 0 aromatic carbocycles. The Morgan fingerprint density at radius 3 is 2.70 bits per heavy atom. The summed E-state index contributed by atoms with van der Waals surface area (Å²) in [5.74, 6) is 0.322. The SMILES string of the molecule is CN(C)C(CNC(=O)c1sccc1S(=O)(=O)N1CCOCC1)c1ccco1. The number of furan rings is 1. The van der Waals surface area contributed by atoms with Gasteiger partial charge in [-0.25, -0.2) is 8.42 Å². The second-order valence-corrected chi connectivity index (χ2v) is 9.16. The zero-order valence-electron chi connectivity index (χ0n) is 15.3. The van der Waals surface area contributed by atoms with Crippen molar-refractivity contribution in [1.29, 1.82) is 0 Å². The number of carbonyl (C=O) groups excluding carboxylic acids is 1. The number of nitrogens with one attached hydrogen (secondary N) is 1. The third-order valence-corrected chi connectivity index (χ3v) is 7.36. The lowest BCUT2D eigenvalue weighted by Crippen LogP contribution is -2.41. The van der Waals surface area contributed by atoms with E-state index in [1.165, 1.54) is 10.4 Å². The van der Waals surface area contributed by atoms with Crippen LogP contribution in [0.1, 0.15) is 21.5 Å². The van der Waals surface area contributed by atoms with E-state index in [0.29, 0.717) is 32.8 Å². The summed E-state index contributed by atoms with van der Waals surface area (Å²) in [4.78, 5) is 14.9. The molecule has 0 saturated carbocycles. The van der Waals surface area contributed by atoms with Crippen molar-refractivity contribution in [3.8, 4) is 0 Å². The summed E-state index contributed by atoms with van der Waals surface area (Å²) < 4.78 is 37.8. The van der Waals surface area contributed by atoms with Crippen molar-refractivity contribution in [1.82, 2.24) is 14.5 Å². The number of amides is 1. The monoisotopic (exact) mass is 413 g/mol. The van der Waals surface area contributed by atoms with Crippen LogP contribution in [-0.4, -0.2) is 70.5 Å². The molecule has 0 radical (unpaired) electrons. The zero-order chi connectivity index (χ0) is 19.4. The molecule has 0 spiro atoms. The largest absolute Gasteiger partial charge is 0.468 e. The van der Waals surface area contributed by atoms with Gasteiger partial charge < -0.3 is 14.5 Å². The Labute approximate surface area is 162 Å². The number of likely N-dealkylation sites (N-methyl/N-ethyl adjacent to an activating group) is 1. The Balaban J connectivity index is 1.74. The van der Waals surface area contributed by atoms with Crippen molar-refractivity contribution >= 4 is 27.3 Å². The fourth-order valence-corrected chi connectivity index (χ4v) is 5.61. The van der Waals surface area contributed by atoms with E-state index in [-0.39, 0.29) is 15.8 Å². The average molecular weight is 414 g/mol. The Bertz CT molecular complexity index is 855. The highest BCUT2D eigenvalue weighted by Gasteiger charge is 2.31. The Hall–Kier alpha value is -1.72. The standard InChI is InChI=1S/C17H23N3O5S2/c1-19(2)13(14-4-3-8-25-14)12-18-17(21)16-15(5-11-26-16)27(22,23)20-6-9-24-10-7-20/h3-5,8,11,13H,6-7,9-10,12H2,1-2H3,(H,18,21). The summed E-state index contributed by atoms with van der Waals surface area (Å²) in [6, 6.07) is 4.97. The lowest BCUT2D eigenvalue weighted by Gasteiger charge is -2.26. The Morgan fingerprint density at radius 1 is 1.33 bits per heavy atom. The number of rotatable bonds is 7. The van der Waals surface area contributed by atoms with Gasteiger partial charge in [0.15, 0.2) is 0 Å². The minimum atomic E-state index is -3.72. The van der Waals surface area contributed by atoms with E-state index in [2.05, 4.69) is 5.32 Å². The van der Waals surface area contributed by atoms with Gasteiger partial charge in [0, 0.05) is 19.6 Å². The molecule has 2 aromatic rings. The third kappa shape index (κ3) is 4.41. The number of carbonyl (C=O) groups is 1. The molecule has 2 aromatic heterocycles. The number of morpholine rings is 1. The lowest BCUT2D eigenvalue weighted by atomic mass is 10.2. The molecule has 0 bridgehead atoms. The molecule has 10 heteroatoms. The van der Waals surface area contributed by atoms with Crippen LogP contribution in [0.15, 0.2) is 39.2 Å². The predicted octanol–water partition coefficient (Wildman–Crippen LogP) is 1.39. The van der Waals surface area contributed by atoms with Crippen LogP contribution in [0.25, 0.3) is 0 Å². The minimum absolute atomic E-state index is 0.0475. The highest BCUT2D eigenvalue weighted by Crippen LogP contribution is 2.26. The Kier molecular flexibility index (Phi) is 6.33. The van der Waals surface area contributed by atoms with Crippen LogP contribution in [0.4, 0.5) is 0 Å². The number of sulfonamides is 1. The average Bonchev–Trinajstić information content (AvgIpc) is 3.34. The van der Waals surface area contributed by atoms with Crippen LogP contribution >= 0.6 is 11.3 Å². The molecule has 0 aliphatic carbocycles. The van der Waals surface area contributed by atoms with Gasteiger partial charge in [-0.15, -0.1) is 11.3 Å². The number of hydrogen-bond donors (Lipinski definition) is 1. The smallest absolute Gasteiger partial charge is 0.262 e. The summed E-state index contributed by atoms with van der Waals surface area (Å²) in [7, 11) is 0.0569. The topological polar surface area (TPSA) is 92.1 Å². The molecule has 1 amide bonds. The fourth-order valence-electron chi connectivity index (χ4n) is 2.88. The molecule has 1 aliphatic heterocycles. The normalized spacial score (nSPS) is 17.1. The van der Waals surface area contributed by atoms with Crippen molar-refractivity contribution in [3.63, 3.8) is 0 Å². The van der Waals surface area contributed by atoms with Gasteiger partial charge in [-0.2, -0.15) is 4.31 Å². The molecule has 8 nitrogen and oxygen atoms in total. The molecule has 148 valence electrons. The quantitative estimate of drug-likeness (QED) is 0.738. The van der Waals surface area contributed by atoms with Crippen molar-refractivity contribution in [3.05, 3.63) is 40.5 Å². The fraction of sp³-hybridized carbons (Fsp3) is 0.471. The van der Waals surface area contributed by atoms with E-state index in [0.717, 1.165) is 17.1 Å². The summed E-state index contributed by atoms with van der Waals surface area (Å²) >= 11 is 1.12. The number of thiophene rings is 1. The number of hydrogen-bond acceptors (Lipinski definition) is 7. The molecule has 1 N–H and O–H groups in total. The molecule has 3 heterocycles. The van der Waals surface area contributed by atoms with Gasteiger partial charge in [0.25, 0.3) is 5.91 Å². The van der Waals surface area contributed by atoms with Crippen LogP contribution in [0, 0.1) is 0 Å². The van der Waals surface area contributed by atoms with Gasteiger partial charge in [-0.1, -0.05) is 0 Å². The van der Waals surface area contributed by atoms with Crippen molar-refractivity contribution < 1.29 is 22.4 Å². The zero-order valence-corrected chi connectivity index (χ0v) is 16.9. The molecule has 1 atom stereocenters. The summed E-state index contributed by atoms with van der Waals surface area (Å²) in [5, 5.41) is 4.46. The van der Waals surface area contributed by atoms with E-state index in [9.17, 15) is 13.2 Å². The van der Waals surface area contributed by atoms with Crippen LogP contribution in [0.3, 0.4) is 0 Å². The molecule has 1 aliphatic rings. The first-order chi connectivity index (χ1) is 12.9. The van der Waals surface area contributed by atoms with E-state index in [1.807, 2.05) is 25.1 Å². The second kappa shape index (κ2) is 8.53. The van der Waals surface area contributed by atoms with Gasteiger partial charge in [0.05, 0.1) is 25.5 Å². The van der Waals surface area contributed by atoms with Gasteiger partial charge in [-0.05, 0) is 37.7 Å². The van der Waals surface area contributed by atoms with E-state index < -0.39 is 15.9 Å². The maximum absolute atomic E-state index is 12.9. The molecular formula is C17H23N3O5S2.